The minimum absolute atomic E-state index is 0.0481. The van der Waals surface area contributed by atoms with E-state index in [2.05, 4.69) is 6.92 Å². The lowest BCUT2D eigenvalue weighted by Gasteiger charge is -2.36. The number of nitrogens with zero attached hydrogens (tertiary/aromatic N) is 1. The maximum atomic E-state index is 13.4. The molecule has 0 aromatic carbocycles. The normalized spacial score (nSPS) is 34.4. The van der Waals surface area contributed by atoms with Gasteiger partial charge in [0.1, 0.15) is 11.8 Å². The Morgan fingerprint density at radius 2 is 1.64 bits per heavy atom. The van der Waals surface area contributed by atoms with Crippen LogP contribution in [0.2, 0.25) is 0 Å². The zero-order chi connectivity index (χ0) is 35.3. The molecule has 1 amide bonds. The third-order valence-electron chi connectivity index (χ3n) is 9.51. The first kappa shape index (κ1) is 40.7. The number of methoxy groups -OCH3 is 2. The fourth-order valence-electron chi connectivity index (χ4n) is 6.44. The van der Waals surface area contributed by atoms with Crippen LogP contribution in [0.4, 0.5) is 0 Å². The molecular formula is C35H57NO11. The maximum Gasteiger partial charge on any atom is 0.328 e. The quantitative estimate of drug-likeness (QED) is 0.146. The molecule has 8 atom stereocenters. The second-order valence-electron chi connectivity index (χ2n) is 13.6. The van der Waals surface area contributed by atoms with E-state index >= 15 is 0 Å². The van der Waals surface area contributed by atoms with E-state index in [4.69, 9.17) is 14.2 Å². The van der Waals surface area contributed by atoms with Crippen molar-refractivity contribution in [1.82, 2.24) is 4.90 Å². The van der Waals surface area contributed by atoms with E-state index in [1.54, 1.807) is 26.2 Å². The molecule has 2 aliphatic rings. The summed E-state index contributed by atoms with van der Waals surface area (Å²) in [4.78, 5) is 54.2. The monoisotopic (exact) mass is 667 g/mol. The highest BCUT2D eigenvalue weighted by Crippen LogP contribution is 2.29. The largest absolute Gasteiger partial charge is 0.464 e. The molecule has 0 spiro atoms. The molecule has 0 saturated carbocycles. The van der Waals surface area contributed by atoms with Crippen LogP contribution in [0.5, 0.6) is 0 Å². The number of Topliss-reactive ketones (excluding diaryl/α,β-unsaturated/α-hetero) is 2. The number of piperidine rings is 1. The summed E-state index contributed by atoms with van der Waals surface area (Å²) in [5, 5.41) is 42.0. The molecule has 0 aliphatic carbocycles. The average molecular weight is 668 g/mol. The second kappa shape index (κ2) is 19.5. The van der Waals surface area contributed by atoms with E-state index in [0.29, 0.717) is 38.5 Å². The Hall–Kier alpha value is -2.48. The van der Waals surface area contributed by atoms with E-state index < -0.39 is 59.5 Å². The van der Waals surface area contributed by atoms with Crippen molar-refractivity contribution in [2.75, 3.05) is 34.0 Å². The van der Waals surface area contributed by atoms with Gasteiger partial charge in [-0.1, -0.05) is 44.6 Å². The summed E-state index contributed by atoms with van der Waals surface area (Å²) < 4.78 is 16.9. The number of fused-ring (bicyclic) bond motifs is 1. The van der Waals surface area contributed by atoms with Crippen LogP contribution in [0, 0.1) is 23.7 Å². The Bertz CT molecular complexity index is 1100. The number of hydrogen-bond acceptors (Lipinski definition) is 11. The zero-order valence-electron chi connectivity index (χ0n) is 28.9. The van der Waals surface area contributed by atoms with E-state index in [0.717, 1.165) is 10.5 Å². The number of hydrogen-bond donors (Lipinski definition) is 4. The smallest absolute Gasteiger partial charge is 0.328 e. The van der Waals surface area contributed by atoms with Gasteiger partial charge in [-0.15, -0.1) is 0 Å². The molecule has 0 unspecified atom stereocenters. The number of ketones is 2. The second-order valence-corrected chi connectivity index (χ2v) is 13.6. The van der Waals surface area contributed by atoms with Crippen LogP contribution in [-0.2, 0) is 33.4 Å². The zero-order valence-corrected chi connectivity index (χ0v) is 28.9. The van der Waals surface area contributed by atoms with Gasteiger partial charge in [0.25, 0.3) is 11.7 Å². The van der Waals surface area contributed by atoms with E-state index in [1.807, 2.05) is 13.0 Å². The van der Waals surface area contributed by atoms with Gasteiger partial charge in [-0.2, -0.15) is 0 Å². The van der Waals surface area contributed by atoms with Gasteiger partial charge >= 0.3 is 5.97 Å². The molecule has 4 N–H and O–H groups in total. The number of esters is 1. The highest BCUT2D eigenvalue weighted by Gasteiger charge is 2.48. The molecule has 0 bridgehead atoms. The van der Waals surface area contributed by atoms with Crippen molar-refractivity contribution in [3.63, 3.8) is 0 Å². The van der Waals surface area contributed by atoms with Crippen LogP contribution < -0.4 is 0 Å². The number of allylic oxidation sites excluding steroid dienone is 3. The first-order valence-electron chi connectivity index (χ1n) is 16.8. The minimum atomic E-state index is -3.00. The molecule has 12 nitrogen and oxygen atoms in total. The number of cyclic esters (lactones) is 1. The first-order valence-corrected chi connectivity index (χ1v) is 16.8. The van der Waals surface area contributed by atoms with Crippen LogP contribution in [0.25, 0.3) is 0 Å². The Labute approximate surface area is 279 Å². The van der Waals surface area contributed by atoms with Crippen LogP contribution in [0.15, 0.2) is 23.8 Å². The van der Waals surface area contributed by atoms with Crippen molar-refractivity contribution >= 4 is 23.4 Å². The lowest BCUT2D eigenvalue weighted by molar-refractivity contribution is -0.208. The Morgan fingerprint density at radius 3 is 2.28 bits per heavy atom. The van der Waals surface area contributed by atoms with Crippen LogP contribution in [0.1, 0.15) is 85.5 Å². The molecule has 2 rings (SSSR count). The molecule has 47 heavy (non-hydrogen) atoms. The Kier molecular flexibility index (Phi) is 16.9. The van der Waals surface area contributed by atoms with Gasteiger partial charge in [0.05, 0.1) is 31.5 Å². The molecule has 1 saturated heterocycles. The molecule has 2 heterocycles. The van der Waals surface area contributed by atoms with E-state index in [1.165, 1.54) is 14.0 Å². The molecular weight excluding hydrogens is 610 g/mol. The summed E-state index contributed by atoms with van der Waals surface area (Å²) in [6.45, 7) is 6.81. The molecule has 0 radical (unpaired) electrons. The SMILES string of the molecule is CO[C@@H]1C[C@@H](OC)C[C@@H](C)C/C(C)=C/[C@@H](C/C=C/CO)C(=O)C[C@H](O)[C@@H](C)COC(=O)[C@@H]2CCCCN2C(=O)C(=O)C(O)(O)[C@H](C)C1. The highest BCUT2D eigenvalue weighted by atomic mass is 16.5. The summed E-state index contributed by atoms with van der Waals surface area (Å²) in [7, 11) is 3.07. The van der Waals surface area contributed by atoms with Crippen molar-refractivity contribution in [1.29, 1.82) is 0 Å². The standard InChI is InChI=1S/C35H57NO11/c1-22-15-23(2)17-27(45-5)19-28(46-6)18-25(4)35(43,44)32(40)33(41)36-13-9-7-12-29(36)34(42)47-21-24(3)30(38)20-31(39)26(16-22)11-8-10-14-37/h8,10,16,23-30,37-38,43-44H,7,9,11-15,17-21H2,1-6H3/b10-8+,22-16+/t23-,24-,25+,26+,27-,28-,29-,30-/m0/s1. The molecule has 0 aromatic rings. The van der Waals surface area contributed by atoms with Gasteiger partial charge in [-0.05, 0) is 64.2 Å². The summed E-state index contributed by atoms with van der Waals surface area (Å²) in [5.41, 5.74) is 0.987. The third kappa shape index (κ3) is 12.2. The highest BCUT2D eigenvalue weighted by molar-refractivity contribution is 6.39. The Balaban J connectivity index is 2.42. The number of carbonyl (C=O) groups excluding carboxylic acids is 4. The minimum Gasteiger partial charge on any atom is -0.464 e. The van der Waals surface area contributed by atoms with Crippen molar-refractivity contribution < 1.29 is 53.8 Å². The fraction of sp³-hybridized carbons (Fsp3) is 0.771. The molecule has 0 aromatic heterocycles. The Morgan fingerprint density at radius 1 is 0.979 bits per heavy atom. The summed E-state index contributed by atoms with van der Waals surface area (Å²) >= 11 is 0. The first-order chi connectivity index (χ1) is 22.2. The fourth-order valence-corrected chi connectivity index (χ4v) is 6.44. The van der Waals surface area contributed by atoms with Crippen LogP contribution in [0.3, 0.4) is 0 Å². The van der Waals surface area contributed by atoms with Crippen molar-refractivity contribution in [3.05, 3.63) is 23.8 Å². The number of amides is 1. The number of rotatable bonds is 5. The van der Waals surface area contributed by atoms with Gasteiger partial charge in [-0.25, -0.2) is 4.79 Å². The summed E-state index contributed by atoms with van der Waals surface area (Å²) in [5.74, 6) is -8.64. The molecule has 2 aliphatic heterocycles. The van der Waals surface area contributed by atoms with Gasteiger partial charge in [0.2, 0.25) is 5.79 Å². The lowest BCUT2D eigenvalue weighted by atomic mass is 9.86. The topological polar surface area (TPSA) is 180 Å². The predicted molar refractivity (Wildman–Crippen MR) is 174 cm³/mol. The van der Waals surface area contributed by atoms with Crippen molar-refractivity contribution in [3.8, 4) is 0 Å². The van der Waals surface area contributed by atoms with Gasteiger partial charge in [-0.3, -0.25) is 14.4 Å². The number of carbonyl (C=O) groups is 4. The number of aliphatic hydroxyl groups excluding tert-OH is 2. The van der Waals surface area contributed by atoms with Crippen molar-refractivity contribution in [2.45, 2.75) is 116 Å². The van der Waals surface area contributed by atoms with Crippen molar-refractivity contribution in [2.24, 2.45) is 23.7 Å². The van der Waals surface area contributed by atoms with Crippen LogP contribution >= 0.6 is 0 Å². The predicted octanol–water partition coefficient (Wildman–Crippen LogP) is 2.49. The van der Waals surface area contributed by atoms with Crippen LogP contribution in [-0.4, -0.2) is 113 Å². The third-order valence-corrected chi connectivity index (χ3v) is 9.51. The molecule has 268 valence electrons. The summed E-state index contributed by atoms with van der Waals surface area (Å²) in [6, 6.07) is -1.11. The maximum absolute atomic E-state index is 13.4. The van der Waals surface area contributed by atoms with Gasteiger partial charge in [0.15, 0.2) is 0 Å². The van der Waals surface area contributed by atoms with Gasteiger partial charge < -0.3 is 39.5 Å². The molecule has 12 heteroatoms. The number of ether oxygens (including phenoxy) is 3. The van der Waals surface area contributed by atoms with Gasteiger partial charge in [0, 0.05) is 44.9 Å². The number of aliphatic hydroxyl groups is 4. The summed E-state index contributed by atoms with van der Waals surface area (Å²) in [6.07, 6.45) is 6.60. The average Bonchev–Trinajstić information content (AvgIpc) is 3.04. The van der Waals surface area contributed by atoms with E-state index in [-0.39, 0.29) is 56.8 Å². The lowest BCUT2D eigenvalue weighted by Crippen LogP contribution is -2.58. The molecule has 1 fully saturated rings. The van der Waals surface area contributed by atoms with E-state index in [9.17, 15) is 39.6 Å².